The number of hydrazine groups is 1. The second-order valence-corrected chi connectivity index (χ2v) is 6.32. The summed E-state index contributed by atoms with van der Waals surface area (Å²) in [4.78, 5) is 5.81. The van der Waals surface area contributed by atoms with Gasteiger partial charge in [-0.3, -0.25) is 11.3 Å². The molecule has 102 valence electrons. The first kappa shape index (κ1) is 14.5. The first-order valence-corrected chi connectivity index (χ1v) is 7.36. The highest BCUT2D eigenvalue weighted by molar-refractivity contribution is 7.11. The molecule has 1 unspecified atom stereocenters. The van der Waals surface area contributed by atoms with E-state index in [0.29, 0.717) is 0 Å². The molecule has 0 saturated carbocycles. The highest BCUT2D eigenvalue weighted by Crippen LogP contribution is 2.29. The van der Waals surface area contributed by atoms with E-state index in [1.165, 1.54) is 4.88 Å². The summed E-state index contributed by atoms with van der Waals surface area (Å²) in [7, 11) is 0. The third-order valence-corrected chi connectivity index (χ3v) is 4.86. The van der Waals surface area contributed by atoms with E-state index in [-0.39, 0.29) is 6.04 Å². The zero-order valence-corrected chi connectivity index (χ0v) is 12.9. The molecule has 0 saturated heterocycles. The Bertz CT molecular complexity index is 561. The highest BCUT2D eigenvalue weighted by atomic mass is 35.5. The molecule has 0 aliphatic heterocycles. The lowest BCUT2D eigenvalue weighted by Gasteiger charge is -2.17. The fraction of sp³-hybridized carbons (Fsp3) is 0.357. The Morgan fingerprint density at radius 2 is 2.11 bits per heavy atom. The molecule has 2 aromatic rings. The van der Waals surface area contributed by atoms with Crippen molar-refractivity contribution >= 4 is 22.9 Å². The van der Waals surface area contributed by atoms with Crippen molar-refractivity contribution in [1.29, 1.82) is 0 Å². The third-order valence-electron chi connectivity index (χ3n) is 3.25. The predicted octanol–water partition coefficient (Wildman–Crippen LogP) is 3.47. The number of thiazole rings is 1. The summed E-state index contributed by atoms with van der Waals surface area (Å²) in [6, 6.07) is 5.99. The summed E-state index contributed by atoms with van der Waals surface area (Å²) in [5.74, 6) is 5.68. The van der Waals surface area contributed by atoms with Gasteiger partial charge in [0.2, 0.25) is 0 Å². The van der Waals surface area contributed by atoms with Crippen molar-refractivity contribution < 1.29 is 0 Å². The quantitative estimate of drug-likeness (QED) is 0.671. The maximum absolute atomic E-state index is 6.36. The molecule has 5 heteroatoms. The van der Waals surface area contributed by atoms with Gasteiger partial charge in [-0.05, 0) is 31.9 Å². The van der Waals surface area contributed by atoms with Gasteiger partial charge in [0.15, 0.2) is 0 Å². The van der Waals surface area contributed by atoms with Crippen LogP contribution >= 0.6 is 22.9 Å². The monoisotopic (exact) mass is 295 g/mol. The highest BCUT2D eigenvalue weighted by Gasteiger charge is 2.17. The summed E-state index contributed by atoms with van der Waals surface area (Å²) in [6.07, 6.45) is 0.749. The summed E-state index contributed by atoms with van der Waals surface area (Å²) in [5, 5.41) is 1.85. The van der Waals surface area contributed by atoms with Crippen LogP contribution in [0.5, 0.6) is 0 Å². The molecule has 3 N–H and O–H groups in total. The van der Waals surface area contributed by atoms with Gasteiger partial charge < -0.3 is 0 Å². The van der Waals surface area contributed by atoms with Crippen molar-refractivity contribution in [3.63, 3.8) is 0 Å². The SMILES string of the molecule is Cc1cccc(C(Cc2nc(C)c(C)s2)NN)c1Cl. The minimum Gasteiger partial charge on any atom is -0.271 e. The molecule has 0 fully saturated rings. The Hall–Kier alpha value is -0.940. The molecule has 0 spiro atoms. The van der Waals surface area contributed by atoms with Crippen LogP contribution in [0, 0.1) is 20.8 Å². The molecule has 0 radical (unpaired) electrons. The maximum Gasteiger partial charge on any atom is 0.0950 e. The number of nitrogens with one attached hydrogen (secondary N) is 1. The molecule has 3 nitrogen and oxygen atoms in total. The van der Waals surface area contributed by atoms with Gasteiger partial charge in [0.05, 0.1) is 16.7 Å². The second kappa shape index (κ2) is 6.01. The van der Waals surface area contributed by atoms with Crippen LogP contribution in [0.4, 0.5) is 0 Å². The maximum atomic E-state index is 6.36. The van der Waals surface area contributed by atoms with E-state index in [4.69, 9.17) is 17.4 Å². The van der Waals surface area contributed by atoms with E-state index in [1.54, 1.807) is 11.3 Å². The van der Waals surface area contributed by atoms with E-state index in [9.17, 15) is 0 Å². The zero-order chi connectivity index (χ0) is 14.0. The zero-order valence-electron chi connectivity index (χ0n) is 11.3. The fourth-order valence-electron chi connectivity index (χ4n) is 2.00. The Balaban J connectivity index is 2.27. The van der Waals surface area contributed by atoms with Gasteiger partial charge >= 0.3 is 0 Å². The minimum atomic E-state index is -0.0163. The molecule has 0 bridgehead atoms. The molecule has 0 aliphatic rings. The van der Waals surface area contributed by atoms with Crippen LogP contribution in [0.1, 0.15) is 32.7 Å². The minimum absolute atomic E-state index is 0.0163. The number of hydrogen-bond acceptors (Lipinski definition) is 4. The topological polar surface area (TPSA) is 50.9 Å². The van der Waals surface area contributed by atoms with Gasteiger partial charge in [0.25, 0.3) is 0 Å². The van der Waals surface area contributed by atoms with Gasteiger partial charge in [0, 0.05) is 16.3 Å². The standard InChI is InChI=1S/C14H18ClN3S/c1-8-5-4-6-11(14(8)15)12(18-16)7-13-17-9(2)10(3)19-13/h4-6,12,18H,7,16H2,1-3H3. The number of nitrogens with zero attached hydrogens (tertiary/aromatic N) is 1. The van der Waals surface area contributed by atoms with E-state index < -0.39 is 0 Å². The number of aromatic nitrogens is 1. The molecular weight excluding hydrogens is 278 g/mol. The summed E-state index contributed by atoms with van der Waals surface area (Å²) in [5.41, 5.74) is 6.02. The van der Waals surface area contributed by atoms with Gasteiger partial charge in [-0.15, -0.1) is 11.3 Å². The van der Waals surface area contributed by atoms with Crippen molar-refractivity contribution in [2.75, 3.05) is 0 Å². The summed E-state index contributed by atoms with van der Waals surface area (Å²) < 4.78 is 0. The molecule has 19 heavy (non-hydrogen) atoms. The van der Waals surface area contributed by atoms with Crippen LogP contribution in [0.2, 0.25) is 5.02 Å². The summed E-state index contributed by atoms with van der Waals surface area (Å²) >= 11 is 8.07. The predicted molar refractivity (Wildman–Crippen MR) is 81.5 cm³/mol. The molecule has 2 rings (SSSR count). The Labute approximate surface area is 122 Å². The smallest absolute Gasteiger partial charge is 0.0950 e. The largest absolute Gasteiger partial charge is 0.271 e. The number of nitrogens with two attached hydrogens (primary N) is 1. The average molecular weight is 296 g/mol. The molecule has 0 aliphatic carbocycles. The van der Waals surface area contributed by atoms with E-state index in [0.717, 1.165) is 33.3 Å². The molecule has 0 amide bonds. The normalized spacial score (nSPS) is 12.7. The van der Waals surface area contributed by atoms with Gasteiger partial charge in [-0.2, -0.15) is 0 Å². The van der Waals surface area contributed by atoms with Gasteiger partial charge in [-0.1, -0.05) is 29.8 Å². The lowest BCUT2D eigenvalue weighted by atomic mass is 10.0. The fourth-order valence-corrected chi connectivity index (χ4v) is 3.24. The molecule has 1 aromatic heterocycles. The Morgan fingerprint density at radius 1 is 1.37 bits per heavy atom. The lowest BCUT2D eigenvalue weighted by molar-refractivity contribution is 0.550. The number of halogens is 1. The van der Waals surface area contributed by atoms with E-state index in [2.05, 4.69) is 17.3 Å². The Morgan fingerprint density at radius 3 is 2.68 bits per heavy atom. The molecular formula is C14H18ClN3S. The lowest BCUT2D eigenvalue weighted by Crippen LogP contribution is -2.29. The first-order valence-electron chi connectivity index (χ1n) is 6.17. The van der Waals surface area contributed by atoms with Crippen LogP contribution < -0.4 is 11.3 Å². The second-order valence-electron chi connectivity index (χ2n) is 4.65. The van der Waals surface area contributed by atoms with Crippen molar-refractivity contribution in [3.8, 4) is 0 Å². The van der Waals surface area contributed by atoms with Crippen molar-refractivity contribution in [1.82, 2.24) is 10.4 Å². The third kappa shape index (κ3) is 3.15. The first-order chi connectivity index (χ1) is 9.02. The molecule has 1 heterocycles. The number of benzene rings is 1. The van der Waals surface area contributed by atoms with Crippen LogP contribution in [-0.2, 0) is 6.42 Å². The van der Waals surface area contributed by atoms with Crippen LogP contribution in [0.15, 0.2) is 18.2 Å². The molecule has 1 aromatic carbocycles. The van der Waals surface area contributed by atoms with Crippen LogP contribution in [-0.4, -0.2) is 4.98 Å². The van der Waals surface area contributed by atoms with E-state index in [1.807, 2.05) is 32.0 Å². The number of rotatable bonds is 4. The summed E-state index contributed by atoms with van der Waals surface area (Å²) in [6.45, 7) is 6.11. The van der Waals surface area contributed by atoms with E-state index >= 15 is 0 Å². The van der Waals surface area contributed by atoms with Crippen molar-refractivity contribution in [2.24, 2.45) is 5.84 Å². The van der Waals surface area contributed by atoms with Crippen LogP contribution in [0.3, 0.4) is 0 Å². The number of hydrogen-bond donors (Lipinski definition) is 2. The average Bonchev–Trinajstić information content (AvgIpc) is 2.69. The molecule has 1 atom stereocenters. The van der Waals surface area contributed by atoms with Gasteiger partial charge in [-0.25, -0.2) is 4.98 Å². The Kier molecular flexibility index (Phi) is 4.58. The van der Waals surface area contributed by atoms with Crippen molar-refractivity contribution in [2.45, 2.75) is 33.2 Å². The van der Waals surface area contributed by atoms with Gasteiger partial charge in [0.1, 0.15) is 0 Å². The number of aryl methyl sites for hydroxylation is 3. The van der Waals surface area contributed by atoms with Crippen LogP contribution in [0.25, 0.3) is 0 Å². The van der Waals surface area contributed by atoms with Crippen molar-refractivity contribution in [3.05, 3.63) is 49.9 Å².